The van der Waals surface area contributed by atoms with Crippen molar-refractivity contribution in [2.45, 2.75) is 12.2 Å². The molecule has 0 bridgehead atoms. The van der Waals surface area contributed by atoms with E-state index in [4.69, 9.17) is 4.74 Å². The van der Waals surface area contributed by atoms with E-state index in [-0.39, 0.29) is 6.61 Å². The van der Waals surface area contributed by atoms with Crippen molar-refractivity contribution in [3.05, 3.63) is 89.7 Å². The molecule has 0 radical (unpaired) electrons. The molecule has 0 fully saturated rings. The number of rotatable bonds is 6. The first-order valence-corrected chi connectivity index (χ1v) is 10.3. The summed E-state index contributed by atoms with van der Waals surface area (Å²) in [5.41, 5.74) is 1.36. The number of alkyl halides is 3. The minimum atomic E-state index is -4.43. The highest BCUT2D eigenvalue weighted by Gasteiger charge is 2.30. The number of nitrogens with zero attached hydrogens (tertiary/aromatic N) is 2. The molecular formula is C25H20F3N3O3. The van der Waals surface area contributed by atoms with Crippen molar-refractivity contribution in [3.63, 3.8) is 0 Å². The van der Waals surface area contributed by atoms with Gasteiger partial charge in [0.1, 0.15) is 5.75 Å². The van der Waals surface area contributed by atoms with E-state index in [2.05, 4.69) is 15.3 Å². The van der Waals surface area contributed by atoms with Crippen molar-refractivity contribution in [1.29, 1.82) is 0 Å². The number of aromatic nitrogens is 2. The summed E-state index contributed by atoms with van der Waals surface area (Å²) < 4.78 is 44.1. The zero-order valence-corrected chi connectivity index (χ0v) is 18.0. The molecule has 0 aliphatic heterocycles. The number of amides is 1. The highest BCUT2D eigenvalue weighted by molar-refractivity contribution is 5.99. The summed E-state index contributed by atoms with van der Waals surface area (Å²) in [5.74, 6) is 0.0286. The van der Waals surface area contributed by atoms with Crippen molar-refractivity contribution in [2.24, 2.45) is 0 Å². The predicted octanol–water partition coefficient (Wildman–Crippen LogP) is 4.79. The highest BCUT2D eigenvalue weighted by atomic mass is 19.4. The van der Waals surface area contributed by atoms with Crippen LogP contribution in [0.25, 0.3) is 22.2 Å². The summed E-state index contributed by atoms with van der Waals surface area (Å²) in [6.07, 6.45) is -2.86. The Balaban J connectivity index is 1.68. The quantitative estimate of drug-likeness (QED) is 0.426. The van der Waals surface area contributed by atoms with Gasteiger partial charge in [0.25, 0.3) is 5.91 Å². The van der Waals surface area contributed by atoms with Crippen LogP contribution in [0.2, 0.25) is 0 Å². The van der Waals surface area contributed by atoms with Crippen LogP contribution in [0.5, 0.6) is 5.75 Å². The van der Waals surface area contributed by atoms with Gasteiger partial charge in [-0.25, -0.2) is 4.98 Å². The molecule has 4 rings (SSSR count). The van der Waals surface area contributed by atoms with Crippen LogP contribution in [0.3, 0.4) is 0 Å². The second-order valence-corrected chi connectivity index (χ2v) is 7.48. The van der Waals surface area contributed by atoms with E-state index in [1.807, 2.05) is 0 Å². The Morgan fingerprint density at radius 1 is 1.09 bits per heavy atom. The normalized spacial score (nSPS) is 12.4. The molecule has 2 aromatic heterocycles. The summed E-state index contributed by atoms with van der Waals surface area (Å²) in [6, 6.07) is 15.6. The van der Waals surface area contributed by atoms with E-state index in [0.717, 1.165) is 12.1 Å². The lowest BCUT2D eigenvalue weighted by molar-refractivity contribution is -0.137. The van der Waals surface area contributed by atoms with E-state index in [1.165, 1.54) is 19.2 Å². The summed E-state index contributed by atoms with van der Waals surface area (Å²) in [6.45, 7) is -0.333. The first-order chi connectivity index (χ1) is 16.3. The van der Waals surface area contributed by atoms with Crippen LogP contribution in [0.4, 0.5) is 13.2 Å². The molecule has 0 aliphatic rings. The molecular weight excluding hydrogens is 447 g/mol. The Morgan fingerprint density at radius 2 is 1.85 bits per heavy atom. The topological polar surface area (TPSA) is 84.3 Å². The number of carbonyl (C=O) groups excluding carboxylic acids is 1. The van der Waals surface area contributed by atoms with Crippen LogP contribution in [0.1, 0.15) is 27.7 Å². The van der Waals surface area contributed by atoms with Crippen molar-refractivity contribution in [2.75, 3.05) is 13.7 Å². The van der Waals surface area contributed by atoms with E-state index < -0.39 is 23.7 Å². The van der Waals surface area contributed by atoms with Gasteiger partial charge in [0.15, 0.2) is 0 Å². The third kappa shape index (κ3) is 4.84. The molecule has 0 aliphatic carbocycles. The van der Waals surface area contributed by atoms with Crippen LogP contribution in [-0.4, -0.2) is 34.7 Å². The fraction of sp³-hybridized carbons (Fsp3) is 0.160. The summed E-state index contributed by atoms with van der Waals surface area (Å²) in [7, 11) is 1.48. The van der Waals surface area contributed by atoms with Crippen LogP contribution in [0, 0.1) is 0 Å². The Labute approximate surface area is 193 Å². The molecule has 174 valence electrons. The van der Waals surface area contributed by atoms with Gasteiger partial charge in [0.05, 0.1) is 42.2 Å². The average Bonchev–Trinajstić information content (AvgIpc) is 2.86. The average molecular weight is 467 g/mol. The number of fused-ring (bicyclic) bond motifs is 1. The molecule has 34 heavy (non-hydrogen) atoms. The molecule has 9 heteroatoms. The number of hydrogen-bond acceptors (Lipinski definition) is 5. The minimum Gasteiger partial charge on any atom is -0.496 e. The van der Waals surface area contributed by atoms with Gasteiger partial charge < -0.3 is 15.2 Å². The number of halogens is 3. The predicted molar refractivity (Wildman–Crippen MR) is 120 cm³/mol. The van der Waals surface area contributed by atoms with Crippen LogP contribution >= 0.6 is 0 Å². The Kier molecular flexibility index (Phi) is 6.47. The SMILES string of the molecule is COc1cc(-c2ccc(C(F)(F)F)cc2)nc2cc(C(=O)N[C@@H](CO)c3ccccn3)ccc12. The zero-order valence-electron chi connectivity index (χ0n) is 18.0. The van der Waals surface area contributed by atoms with E-state index >= 15 is 0 Å². The number of ether oxygens (including phenoxy) is 1. The maximum Gasteiger partial charge on any atom is 0.416 e. The van der Waals surface area contributed by atoms with Crippen molar-refractivity contribution in [3.8, 4) is 17.0 Å². The van der Waals surface area contributed by atoms with E-state index in [0.29, 0.717) is 39.2 Å². The smallest absolute Gasteiger partial charge is 0.416 e. The molecule has 0 spiro atoms. The Hall–Kier alpha value is -3.98. The number of benzene rings is 2. The number of nitrogens with one attached hydrogen (secondary N) is 1. The molecule has 6 nitrogen and oxygen atoms in total. The second-order valence-electron chi connectivity index (χ2n) is 7.48. The number of carbonyl (C=O) groups is 1. The lowest BCUT2D eigenvalue weighted by atomic mass is 10.0. The number of pyridine rings is 2. The number of methoxy groups -OCH3 is 1. The largest absolute Gasteiger partial charge is 0.496 e. The first kappa shape index (κ1) is 23.2. The van der Waals surface area contributed by atoms with E-state index in [1.54, 1.807) is 48.7 Å². The van der Waals surface area contributed by atoms with Gasteiger partial charge >= 0.3 is 6.18 Å². The molecule has 2 heterocycles. The standard InChI is InChI=1S/C25H20F3N3O3/c1-34-23-13-20(15-5-8-17(9-6-15)25(26,27)28)30-21-12-16(7-10-18(21)23)24(33)31-22(14-32)19-4-2-3-11-29-19/h2-13,22,32H,14H2,1H3,(H,31,33)/t22-/m0/s1. The molecule has 0 saturated carbocycles. The zero-order chi connectivity index (χ0) is 24.3. The summed E-state index contributed by atoms with van der Waals surface area (Å²) >= 11 is 0. The number of aliphatic hydroxyl groups is 1. The molecule has 2 N–H and O–H groups in total. The summed E-state index contributed by atoms with van der Waals surface area (Å²) in [5, 5.41) is 13.1. The second kappa shape index (κ2) is 9.48. The third-order valence-electron chi connectivity index (χ3n) is 5.29. The number of aliphatic hydroxyl groups excluding tert-OH is 1. The van der Waals surface area contributed by atoms with Crippen LogP contribution in [0.15, 0.2) is 72.9 Å². The van der Waals surface area contributed by atoms with Crippen molar-refractivity contribution >= 4 is 16.8 Å². The molecule has 1 amide bonds. The lowest BCUT2D eigenvalue weighted by Crippen LogP contribution is -2.31. The maximum absolute atomic E-state index is 12.9. The first-order valence-electron chi connectivity index (χ1n) is 10.3. The van der Waals surface area contributed by atoms with Gasteiger partial charge in [-0.15, -0.1) is 0 Å². The fourth-order valence-corrected chi connectivity index (χ4v) is 3.52. The number of hydrogen-bond donors (Lipinski definition) is 2. The van der Waals surface area contributed by atoms with Gasteiger partial charge in [-0.1, -0.05) is 18.2 Å². The molecule has 0 saturated heterocycles. The van der Waals surface area contributed by atoms with Crippen molar-refractivity contribution in [1.82, 2.24) is 15.3 Å². The fourth-order valence-electron chi connectivity index (χ4n) is 3.52. The van der Waals surface area contributed by atoms with E-state index in [9.17, 15) is 23.1 Å². The van der Waals surface area contributed by atoms with Gasteiger partial charge in [-0.05, 0) is 42.5 Å². The van der Waals surface area contributed by atoms with Crippen molar-refractivity contribution < 1.29 is 27.8 Å². The monoisotopic (exact) mass is 467 g/mol. The molecule has 2 aromatic carbocycles. The minimum absolute atomic E-state index is 0.293. The summed E-state index contributed by atoms with van der Waals surface area (Å²) in [4.78, 5) is 21.6. The molecule has 0 unspecified atom stereocenters. The van der Waals surface area contributed by atoms with Gasteiger partial charge in [0, 0.05) is 28.8 Å². The molecule has 1 atom stereocenters. The van der Waals surface area contributed by atoms with Gasteiger partial charge in [-0.2, -0.15) is 13.2 Å². The maximum atomic E-state index is 12.9. The third-order valence-corrected chi connectivity index (χ3v) is 5.29. The molecule has 4 aromatic rings. The Bertz CT molecular complexity index is 1310. The Morgan fingerprint density at radius 3 is 2.47 bits per heavy atom. The van der Waals surface area contributed by atoms with Gasteiger partial charge in [-0.3, -0.25) is 9.78 Å². The van der Waals surface area contributed by atoms with Crippen LogP contribution in [-0.2, 0) is 6.18 Å². The highest BCUT2D eigenvalue weighted by Crippen LogP contribution is 2.33. The lowest BCUT2D eigenvalue weighted by Gasteiger charge is -2.16. The van der Waals surface area contributed by atoms with Crippen LogP contribution < -0.4 is 10.1 Å². The van der Waals surface area contributed by atoms with Gasteiger partial charge in [0.2, 0.25) is 0 Å².